The van der Waals surface area contributed by atoms with E-state index >= 15 is 0 Å². The molecule has 2 nitrogen and oxygen atoms in total. The Labute approximate surface area is 119 Å². The molecule has 19 heavy (non-hydrogen) atoms. The number of hydrogen-bond acceptors (Lipinski definition) is 2. The third kappa shape index (κ3) is 1.81. The molecular formula is C15H13BrFNO. The summed E-state index contributed by atoms with van der Waals surface area (Å²) in [4.78, 5) is 2.35. The minimum absolute atomic E-state index is 0.241. The van der Waals surface area contributed by atoms with Crippen LogP contribution >= 0.6 is 15.9 Å². The third-order valence-corrected chi connectivity index (χ3v) is 4.70. The van der Waals surface area contributed by atoms with Gasteiger partial charge in [0.05, 0.1) is 4.47 Å². The highest BCUT2D eigenvalue weighted by molar-refractivity contribution is 9.10. The maximum absolute atomic E-state index is 13.4. The van der Waals surface area contributed by atoms with Crippen molar-refractivity contribution in [1.29, 1.82) is 0 Å². The topological polar surface area (TPSA) is 16.4 Å². The minimum Gasteiger partial charge on any atom is -0.455 e. The summed E-state index contributed by atoms with van der Waals surface area (Å²) in [6, 6.07) is 4.92. The second-order valence-corrected chi connectivity index (χ2v) is 6.17. The fourth-order valence-electron chi connectivity index (χ4n) is 3.12. The van der Waals surface area contributed by atoms with Crippen LogP contribution in [0.15, 0.2) is 33.3 Å². The molecule has 3 aliphatic rings. The van der Waals surface area contributed by atoms with Gasteiger partial charge in [0.15, 0.2) is 0 Å². The summed E-state index contributed by atoms with van der Waals surface area (Å²) < 4.78 is 20.0. The average Bonchev–Trinajstić information content (AvgIpc) is 2.84. The lowest BCUT2D eigenvalue weighted by molar-refractivity contribution is 0.250. The van der Waals surface area contributed by atoms with Gasteiger partial charge in [0, 0.05) is 30.2 Å². The van der Waals surface area contributed by atoms with Gasteiger partial charge in [0.1, 0.15) is 17.2 Å². The molecule has 4 heterocycles. The molecule has 1 aromatic heterocycles. The molecule has 5 rings (SSSR count). The van der Waals surface area contributed by atoms with Gasteiger partial charge < -0.3 is 9.32 Å². The standard InChI is InChI=1S/C15H13BrFNO/c16-13-7-11(17)5-10-6-14(19-15(10)13)12-8-18-3-1-9(12)2-4-18/h5-9H,1-4H2. The number of rotatable bonds is 1. The first-order valence-corrected chi connectivity index (χ1v) is 7.35. The summed E-state index contributed by atoms with van der Waals surface area (Å²) >= 11 is 3.36. The van der Waals surface area contributed by atoms with Crippen molar-refractivity contribution in [1.82, 2.24) is 4.90 Å². The van der Waals surface area contributed by atoms with Gasteiger partial charge in [-0.25, -0.2) is 4.39 Å². The second kappa shape index (κ2) is 4.10. The third-order valence-electron chi connectivity index (χ3n) is 4.11. The van der Waals surface area contributed by atoms with E-state index in [0.29, 0.717) is 10.4 Å². The van der Waals surface area contributed by atoms with Gasteiger partial charge in [0.25, 0.3) is 0 Å². The van der Waals surface area contributed by atoms with Crippen molar-refractivity contribution in [2.24, 2.45) is 5.92 Å². The monoisotopic (exact) mass is 321 g/mol. The van der Waals surface area contributed by atoms with Crippen molar-refractivity contribution in [2.75, 3.05) is 13.1 Å². The highest BCUT2D eigenvalue weighted by atomic mass is 79.9. The van der Waals surface area contributed by atoms with E-state index in [-0.39, 0.29) is 5.82 Å². The molecule has 0 spiro atoms. The van der Waals surface area contributed by atoms with Crippen molar-refractivity contribution in [3.63, 3.8) is 0 Å². The number of hydrogen-bond donors (Lipinski definition) is 0. The van der Waals surface area contributed by atoms with Crippen molar-refractivity contribution in [3.05, 3.63) is 40.4 Å². The lowest BCUT2D eigenvalue weighted by Crippen LogP contribution is -2.35. The summed E-state index contributed by atoms with van der Waals surface area (Å²) in [6.07, 6.45) is 4.59. The van der Waals surface area contributed by atoms with E-state index in [1.807, 2.05) is 6.07 Å². The maximum atomic E-state index is 13.4. The van der Waals surface area contributed by atoms with Crippen LogP contribution in [0.1, 0.15) is 18.6 Å². The number of fused-ring (bicyclic) bond motifs is 3. The van der Waals surface area contributed by atoms with E-state index in [0.717, 1.165) is 29.8 Å². The van der Waals surface area contributed by atoms with E-state index in [1.165, 1.54) is 30.5 Å². The van der Waals surface area contributed by atoms with Gasteiger partial charge >= 0.3 is 0 Å². The van der Waals surface area contributed by atoms with Gasteiger partial charge in [-0.1, -0.05) is 0 Å². The van der Waals surface area contributed by atoms with E-state index in [9.17, 15) is 4.39 Å². The van der Waals surface area contributed by atoms with Crippen LogP contribution in [0.5, 0.6) is 0 Å². The van der Waals surface area contributed by atoms with Crippen LogP contribution in [0.2, 0.25) is 0 Å². The molecule has 1 saturated heterocycles. The Morgan fingerprint density at radius 2 is 2.00 bits per heavy atom. The molecule has 0 saturated carbocycles. The summed E-state index contributed by atoms with van der Waals surface area (Å²) in [5.41, 5.74) is 2.00. The highest BCUT2D eigenvalue weighted by Crippen LogP contribution is 2.40. The number of nitrogens with zero attached hydrogens (tertiary/aromatic N) is 1. The van der Waals surface area contributed by atoms with Crippen LogP contribution in [0.25, 0.3) is 16.5 Å². The van der Waals surface area contributed by atoms with Gasteiger partial charge in [-0.05, 0) is 52.9 Å². The van der Waals surface area contributed by atoms with Crippen molar-refractivity contribution >= 4 is 32.5 Å². The van der Waals surface area contributed by atoms with E-state index < -0.39 is 0 Å². The Balaban J connectivity index is 1.86. The molecule has 1 aromatic carbocycles. The first-order valence-electron chi connectivity index (χ1n) is 6.55. The lowest BCUT2D eigenvalue weighted by atomic mass is 9.84. The molecule has 3 aliphatic heterocycles. The van der Waals surface area contributed by atoms with Crippen molar-refractivity contribution in [2.45, 2.75) is 12.8 Å². The fourth-order valence-corrected chi connectivity index (χ4v) is 3.65. The van der Waals surface area contributed by atoms with E-state index in [4.69, 9.17) is 4.42 Å². The SMILES string of the molecule is Fc1cc(Br)c2oc(C3=CN4CCC3CC4)cc2c1. The molecule has 2 bridgehead atoms. The Kier molecular flexibility index (Phi) is 2.49. The number of halogens is 2. The van der Waals surface area contributed by atoms with Gasteiger partial charge in [-0.2, -0.15) is 0 Å². The van der Waals surface area contributed by atoms with Crippen molar-refractivity contribution in [3.8, 4) is 0 Å². The van der Waals surface area contributed by atoms with E-state index in [1.54, 1.807) is 0 Å². The molecule has 98 valence electrons. The zero-order valence-corrected chi connectivity index (χ0v) is 11.9. The molecule has 0 N–H and O–H groups in total. The summed E-state index contributed by atoms with van der Waals surface area (Å²) in [6.45, 7) is 2.29. The van der Waals surface area contributed by atoms with E-state index in [2.05, 4.69) is 27.0 Å². The quantitative estimate of drug-likeness (QED) is 0.774. The number of benzene rings is 1. The number of furan rings is 1. The van der Waals surface area contributed by atoms with Gasteiger partial charge in [-0.15, -0.1) is 0 Å². The largest absolute Gasteiger partial charge is 0.455 e. The smallest absolute Gasteiger partial charge is 0.149 e. The van der Waals surface area contributed by atoms with Crippen LogP contribution in [-0.2, 0) is 0 Å². The van der Waals surface area contributed by atoms with Gasteiger partial charge in [-0.3, -0.25) is 0 Å². The average molecular weight is 322 g/mol. The molecule has 2 aromatic rings. The van der Waals surface area contributed by atoms with Crippen LogP contribution in [-0.4, -0.2) is 18.0 Å². The Bertz CT molecular complexity index is 683. The molecular weight excluding hydrogens is 309 g/mol. The first kappa shape index (κ1) is 11.5. The molecule has 0 atom stereocenters. The van der Waals surface area contributed by atoms with Crippen LogP contribution < -0.4 is 0 Å². The number of allylic oxidation sites excluding steroid dienone is 1. The van der Waals surface area contributed by atoms with Crippen LogP contribution in [0, 0.1) is 11.7 Å². The van der Waals surface area contributed by atoms with Crippen LogP contribution in [0.3, 0.4) is 0 Å². The molecule has 0 aliphatic carbocycles. The predicted molar refractivity (Wildman–Crippen MR) is 76.1 cm³/mol. The zero-order valence-electron chi connectivity index (χ0n) is 10.3. The second-order valence-electron chi connectivity index (χ2n) is 5.31. The Hall–Kier alpha value is -1.29. The molecule has 0 radical (unpaired) electrons. The molecule has 0 amide bonds. The molecule has 0 unspecified atom stereocenters. The zero-order chi connectivity index (χ0) is 13.0. The van der Waals surface area contributed by atoms with Crippen LogP contribution in [0.4, 0.5) is 4.39 Å². The highest BCUT2D eigenvalue weighted by Gasteiger charge is 2.29. The normalized spacial score (nSPS) is 19.3. The number of piperidine rings is 1. The summed E-state index contributed by atoms with van der Waals surface area (Å²) in [7, 11) is 0. The minimum atomic E-state index is -0.241. The molecule has 4 heteroatoms. The Morgan fingerprint density at radius 1 is 1.21 bits per heavy atom. The fraction of sp³-hybridized carbons (Fsp3) is 0.333. The van der Waals surface area contributed by atoms with Gasteiger partial charge in [0.2, 0.25) is 0 Å². The first-order chi connectivity index (χ1) is 9.20. The molecule has 1 fully saturated rings. The maximum Gasteiger partial charge on any atom is 0.149 e. The predicted octanol–water partition coefficient (Wildman–Crippen LogP) is 4.40. The Morgan fingerprint density at radius 3 is 2.68 bits per heavy atom. The summed E-state index contributed by atoms with van der Waals surface area (Å²) in [5.74, 6) is 1.24. The summed E-state index contributed by atoms with van der Waals surface area (Å²) in [5, 5.41) is 0.819. The lowest BCUT2D eigenvalue weighted by Gasteiger charge is -2.38. The van der Waals surface area contributed by atoms with Crippen molar-refractivity contribution < 1.29 is 8.81 Å².